The predicted molar refractivity (Wildman–Crippen MR) is 105 cm³/mol. The number of rotatable bonds is 6. The van der Waals surface area contributed by atoms with Crippen molar-refractivity contribution in [2.75, 3.05) is 38.2 Å². The van der Waals surface area contributed by atoms with Gasteiger partial charge in [0.25, 0.3) is 0 Å². The van der Waals surface area contributed by atoms with Crippen molar-refractivity contribution in [2.24, 2.45) is 0 Å². The number of piperazine rings is 1. The largest absolute Gasteiger partial charge is 0.493 e. The van der Waals surface area contributed by atoms with Crippen molar-refractivity contribution in [2.45, 2.75) is 38.7 Å². The van der Waals surface area contributed by atoms with E-state index in [-0.39, 0.29) is 12.3 Å². The fraction of sp³-hybridized carbons (Fsp3) is 0.550. The molecule has 1 saturated carbocycles. The number of aromatic nitrogens is 3. The smallest absolute Gasteiger partial charge is 0.230 e. The van der Waals surface area contributed by atoms with Crippen LogP contribution in [0.15, 0.2) is 18.2 Å². The summed E-state index contributed by atoms with van der Waals surface area (Å²) in [5, 5.41) is 6.83. The summed E-state index contributed by atoms with van der Waals surface area (Å²) >= 11 is 0. The normalized spacial score (nSPS) is 17.4. The number of carbonyl (C=O) groups is 1. The molecule has 1 aliphatic heterocycles. The molecule has 1 aromatic heterocycles. The van der Waals surface area contributed by atoms with Crippen LogP contribution in [0.5, 0.6) is 11.5 Å². The van der Waals surface area contributed by atoms with Crippen molar-refractivity contribution in [3.05, 3.63) is 29.8 Å². The number of hydrogen-bond donors (Lipinski definition) is 1. The molecule has 2 heterocycles. The van der Waals surface area contributed by atoms with Crippen molar-refractivity contribution < 1.29 is 14.3 Å². The molecule has 0 spiro atoms. The number of methoxy groups -OCH3 is 1. The highest BCUT2D eigenvalue weighted by molar-refractivity contribution is 5.78. The predicted octanol–water partition coefficient (Wildman–Crippen LogP) is 1.94. The third-order valence-corrected chi connectivity index (χ3v) is 5.44. The molecule has 8 heteroatoms. The highest BCUT2D eigenvalue weighted by atomic mass is 16.5. The van der Waals surface area contributed by atoms with Crippen molar-refractivity contribution in [3.63, 3.8) is 0 Å². The van der Waals surface area contributed by atoms with Gasteiger partial charge in [0.05, 0.1) is 19.6 Å². The molecule has 0 radical (unpaired) electrons. The van der Waals surface area contributed by atoms with Crippen LogP contribution in [-0.2, 0) is 11.2 Å². The minimum atomic E-state index is 0.0717. The number of aromatic amines is 1. The zero-order valence-corrected chi connectivity index (χ0v) is 16.5. The Balaban J connectivity index is 1.36. The Morgan fingerprint density at radius 3 is 2.61 bits per heavy atom. The SMILES string of the molecule is COc1ccc(N2CCN(C(=O)Cc3n[nH]c(C)n3)CC2)cc1OC1CCC1. The van der Waals surface area contributed by atoms with Crippen LogP contribution in [0.1, 0.15) is 30.9 Å². The van der Waals surface area contributed by atoms with Crippen LogP contribution in [0, 0.1) is 6.92 Å². The molecule has 2 aromatic rings. The molecule has 2 fully saturated rings. The lowest BCUT2D eigenvalue weighted by atomic mass is 9.96. The van der Waals surface area contributed by atoms with Gasteiger partial charge in [-0.2, -0.15) is 5.10 Å². The molecule has 150 valence electrons. The number of carbonyl (C=O) groups excluding carboxylic acids is 1. The average Bonchev–Trinajstić information content (AvgIpc) is 3.09. The maximum absolute atomic E-state index is 12.5. The Morgan fingerprint density at radius 2 is 2.00 bits per heavy atom. The first kappa shape index (κ1) is 18.6. The van der Waals surface area contributed by atoms with E-state index < -0.39 is 0 Å². The second-order valence-corrected chi connectivity index (χ2v) is 7.39. The van der Waals surface area contributed by atoms with Gasteiger partial charge in [0.2, 0.25) is 5.91 Å². The summed E-state index contributed by atoms with van der Waals surface area (Å²) in [6.45, 7) is 4.78. The minimum Gasteiger partial charge on any atom is -0.493 e. The van der Waals surface area contributed by atoms with E-state index in [2.05, 4.69) is 32.2 Å². The van der Waals surface area contributed by atoms with E-state index >= 15 is 0 Å². The van der Waals surface area contributed by atoms with Crippen LogP contribution in [0.3, 0.4) is 0 Å². The summed E-state index contributed by atoms with van der Waals surface area (Å²) in [4.78, 5) is 20.9. The van der Waals surface area contributed by atoms with E-state index in [0.29, 0.717) is 25.0 Å². The zero-order chi connectivity index (χ0) is 19.5. The van der Waals surface area contributed by atoms with Gasteiger partial charge in [-0.15, -0.1) is 0 Å². The first-order chi connectivity index (χ1) is 13.6. The lowest BCUT2D eigenvalue weighted by Crippen LogP contribution is -2.49. The Morgan fingerprint density at radius 1 is 1.21 bits per heavy atom. The molecule has 28 heavy (non-hydrogen) atoms. The molecule has 8 nitrogen and oxygen atoms in total. The summed E-state index contributed by atoms with van der Waals surface area (Å²) in [5.74, 6) is 2.93. The van der Waals surface area contributed by atoms with Gasteiger partial charge < -0.3 is 19.3 Å². The van der Waals surface area contributed by atoms with Gasteiger partial charge >= 0.3 is 0 Å². The molecule has 1 aliphatic carbocycles. The van der Waals surface area contributed by atoms with Crippen LogP contribution in [0.2, 0.25) is 0 Å². The average molecular weight is 385 g/mol. The summed E-state index contributed by atoms with van der Waals surface area (Å²) in [5.41, 5.74) is 1.10. The molecular weight excluding hydrogens is 358 g/mol. The van der Waals surface area contributed by atoms with Crippen molar-refractivity contribution >= 4 is 11.6 Å². The number of hydrogen-bond acceptors (Lipinski definition) is 6. The van der Waals surface area contributed by atoms with Gasteiger partial charge in [0, 0.05) is 37.9 Å². The van der Waals surface area contributed by atoms with E-state index in [1.807, 2.05) is 17.9 Å². The zero-order valence-electron chi connectivity index (χ0n) is 16.5. The summed E-state index contributed by atoms with van der Waals surface area (Å²) in [7, 11) is 1.67. The molecule has 2 aliphatic rings. The number of ether oxygens (including phenoxy) is 2. The Labute approximate surface area is 164 Å². The lowest BCUT2D eigenvalue weighted by Gasteiger charge is -2.36. The van der Waals surface area contributed by atoms with Crippen LogP contribution in [0.4, 0.5) is 5.69 Å². The standard InChI is InChI=1S/C20H27N5O3/c1-14-21-19(23-22-14)13-20(26)25-10-8-24(9-11-25)15-6-7-17(27-2)18(12-15)28-16-4-3-5-16/h6-7,12,16H,3-5,8-11,13H2,1-2H3,(H,21,22,23). The maximum Gasteiger partial charge on any atom is 0.230 e. The number of benzene rings is 1. The van der Waals surface area contributed by atoms with E-state index in [4.69, 9.17) is 9.47 Å². The Bertz CT molecular complexity index is 825. The van der Waals surface area contributed by atoms with Gasteiger partial charge in [0.1, 0.15) is 5.82 Å². The number of nitrogens with zero attached hydrogens (tertiary/aromatic N) is 4. The molecule has 0 atom stereocenters. The van der Waals surface area contributed by atoms with Crippen molar-refractivity contribution in [1.82, 2.24) is 20.1 Å². The Kier molecular flexibility index (Phi) is 5.36. The minimum absolute atomic E-state index is 0.0717. The number of amides is 1. The summed E-state index contributed by atoms with van der Waals surface area (Å²) < 4.78 is 11.6. The molecule has 0 bridgehead atoms. The number of aryl methyl sites for hydroxylation is 1. The highest BCUT2D eigenvalue weighted by Crippen LogP contribution is 2.35. The molecule has 1 saturated heterocycles. The molecule has 1 amide bonds. The van der Waals surface area contributed by atoms with Gasteiger partial charge in [0.15, 0.2) is 17.3 Å². The molecule has 1 aromatic carbocycles. The number of H-pyrrole nitrogens is 1. The molecule has 0 unspecified atom stereocenters. The molecule has 4 rings (SSSR count). The quantitative estimate of drug-likeness (QED) is 0.818. The fourth-order valence-corrected chi connectivity index (χ4v) is 3.55. The first-order valence-corrected chi connectivity index (χ1v) is 9.87. The van der Waals surface area contributed by atoms with Gasteiger partial charge in [-0.05, 0) is 38.3 Å². The molecule has 1 N–H and O–H groups in total. The van der Waals surface area contributed by atoms with Crippen LogP contribution < -0.4 is 14.4 Å². The van der Waals surface area contributed by atoms with Crippen LogP contribution in [0.25, 0.3) is 0 Å². The van der Waals surface area contributed by atoms with Gasteiger partial charge in [-0.3, -0.25) is 9.89 Å². The number of nitrogens with one attached hydrogen (secondary N) is 1. The summed E-state index contributed by atoms with van der Waals surface area (Å²) in [6, 6.07) is 6.08. The third kappa shape index (κ3) is 4.05. The summed E-state index contributed by atoms with van der Waals surface area (Å²) in [6.07, 6.45) is 4.00. The second kappa shape index (κ2) is 8.08. The van der Waals surface area contributed by atoms with E-state index in [9.17, 15) is 4.79 Å². The van der Waals surface area contributed by atoms with E-state index in [0.717, 1.165) is 48.9 Å². The van der Waals surface area contributed by atoms with Crippen LogP contribution in [-0.4, -0.2) is 65.4 Å². The van der Waals surface area contributed by atoms with Crippen molar-refractivity contribution in [1.29, 1.82) is 0 Å². The maximum atomic E-state index is 12.5. The van der Waals surface area contributed by atoms with E-state index in [1.54, 1.807) is 7.11 Å². The number of anilines is 1. The van der Waals surface area contributed by atoms with Crippen LogP contribution >= 0.6 is 0 Å². The highest BCUT2D eigenvalue weighted by Gasteiger charge is 2.24. The van der Waals surface area contributed by atoms with Crippen molar-refractivity contribution in [3.8, 4) is 11.5 Å². The first-order valence-electron chi connectivity index (χ1n) is 9.87. The van der Waals surface area contributed by atoms with E-state index in [1.165, 1.54) is 6.42 Å². The monoisotopic (exact) mass is 385 g/mol. The molecular formula is C20H27N5O3. The van der Waals surface area contributed by atoms with Gasteiger partial charge in [-0.25, -0.2) is 4.98 Å². The second-order valence-electron chi connectivity index (χ2n) is 7.39. The van der Waals surface area contributed by atoms with Gasteiger partial charge in [-0.1, -0.05) is 0 Å². The fourth-order valence-electron chi connectivity index (χ4n) is 3.55. The lowest BCUT2D eigenvalue weighted by molar-refractivity contribution is -0.130. The topological polar surface area (TPSA) is 83.6 Å². The Hall–Kier alpha value is -2.77. The third-order valence-electron chi connectivity index (χ3n) is 5.44.